The topological polar surface area (TPSA) is 58.6 Å². The highest BCUT2D eigenvalue weighted by Crippen LogP contribution is 2.31. The van der Waals surface area contributed by atoms with Crippen molar-refractivity contribution in [2.45, 2.75) is 26.7 Å². The first-order chi connectivity index (χ1) is 11.1. The molecule has 0 unspecified atom stereocenters. The average molecular weight is 303 g/mol. The van der Waals surface area contributed by atoms with Crippen LogP contribution in [0.25, 0.3) is 11.3 Å². The van der Waals surface area contributed by atoms with Crippen molar-refractivity contribution in [1.29, 1.82) is 0 Å². The summed E-state index contributed by atoms with van der Waals surface area (Å²) in [5, 5.41) is 0. The first-order valence-corrected chi connectivity index (χ1v) is 7.74. The molecule has 0 saturated heterocycles. The fourth-order valence-corrected chi connectivity index (χ4v) is 3.19. The fourth-order valence-electron chi connectivity index (χ4n) is 3.19. The Bertz CT molecular complexity index is 973. The third kappa shape index (κ3) is 2.36. The maximum Gasteiger partial charge on any atom is 0.260 e. The van der Waals surface area contributed by atoms with Crippen LogP contribution in [-0.2, 0) is 12.8 Å². The summed E-state index contributed by atoms with van der Waals surface area (Å²) in [4.78, 5) is 24.6. The molecule has 4 rings (SSSR count). The van der Waals surface area contributed by atoms with Crippen molar-refractivity contribution in [3.05, 3.63) is 80.7 Å². The molecule has 23 heavy (non-hydrogen) atoms. The van der Waals surface area contributed by atoms with Gasteiger partial charge in [0.25, 0.3) is 5.56 Å². The molecule has 2 aromatic heterocycles. The summed E-state index contributed by atoms with van der Waals surface area (Å²) in [6, 6.07) is 10.3. The van der Waals surface area contributed by atoms with Crippen molar-refractivity contribution in [3.63, 3.8) is 0 Å². The Labute approximate surface area is 134 Å². The second kappa shape index (κ2) is 5.16. The molecule has 1 aromatic carbocycles. The minimum Gasteiger partial charge on any atom is -0.310 e. The van der Waals surface area contributed by atoms with Crippen molar-refractivity contribution >= 4 is 0 Å². The minimum atomic E-state index is -0.0892. The highest BCUT2D eigenvalue weighted by atomic mass is 16.1. The third-order valence-corrected chi connectivity index (χ3v) is 4.36. The molecule has 0 radical (unpaired) electrons. The molecule has 0 atom stereocenters. The Kier molecular flexibility index (Phi) is 3.11. The molecule has 0 aliphatic heterocycles. The van der Waals surface area contributed by atoms with Gasteiger partial charge in [0.2, 0.25) is 0 Å². The minimum absolute atomic E-state index is 0.0892. The molecule has 2 heterocycles. The van der Waals surface area contributed by atoms with Crippen LogP contribution in [0.5, 0.6) is 0 Å². The second-order valence-electron chi connectivity index (χ2n) is 6.13. The largest absolute Gasteiger partial charge is 0.310 e. The Hall–Kier alpha value is -2.75. The van der Waals surface area contributed by atoms with E-state index in [-0.39, 0.29) is 5.56 Å². The van der Waals surface area contributed by atoms with Gasteiger partial charge in [-0.1, -0.05) is 30.3 Å². The van der Waals surface area contributed by atoms with Gasteiger partial charge in [0.1, 0.15) is 5.82 Å². The summed E-state index contributed by atoms with van der Waals surface area (Å²) in [5.74, 6) is 0.715. The standard InChI is InChI=1S/C19H17N3O/c1-11-7-14-8-15-17(18(14)20-10-11)19(23)22-16(21-15)9-13-6-4-3-5-12(13)2/h3-7,10H,8-9H2,1-2H3,(H,21,22,23). The van der Waals surface area contributed by atoms with E-state index in [4.69, 9.17) is 4.98 Å². The Morgan fingerprint density at radius 2 is 2.04 bits per heavy atom. The SMILES string of the molecule is Cc1cnc2c(c1)Cc1nc(Cc3ccccc3C)[nH]c(=O)c1-2. The zero-order chi connectivity index (χ0) is 16.0. The van der Waals surface area contributed by atoms with Crippen LogP contribution in [0.1, 0.15) is 33.8 Å². The molecule has 1 aliphatic rings. The van der Waals surface area contributed by atoms with Crippen LogP contribution in [0.4, 0.5) is 0 Å². The van der Waals surface area contributed by atoms with Gasteiger partial charge in [0, 0.05) is 19.0 Å². The lowest BCUT2D eigenvalue weighted by atomic mass is 10.1. The number of aromatic amines is 1. The van der Waals surface area contributed by atoms with E-state index in [1.807, 2.05) is 19.1 Å². The van der Waals surface area contributed by atoms with Gasteiger partial charge in [0.05, 0.1) is 17.0 Å². The van der Waals surface area contributed by atoms with E-state index in [1.54, 1.807) is 6.20 Å². The van der Waals surface area contributed by atoms with Crippen LogP contribution in [0.15, 0.2) is 41.3 Å². The quantitative estimate of drug-likeness (QED) is 0.619. The molecule has 0 spiro atoms. The fraction of sp³-hybridized carbons (Fsp3) is 0.211. The molecule has 0 saturated carbocycles. The third-order valence-electron chi connectivity index (χ3n) is 4.36. The lowest BCUT2D eigenvalue weighted by Gasteiger charge is -2.06. The molecule has 3 aromatic rings. The number of aromatic nitrogens is 3. The van der Waals surface area contributed by atoms with Gasteiger partial charge in [-0.3, -0.25) is 9.78 Å². The number of benzene rings is 1. The molecule has 114 valence electrons. The number of aryl methyl sites for hydroxylation is 2. The molecule has 1 aliphatic carbocycles. The van der Waals surface area contributed by atoms with E-state index in [0.717, 1.165) is 22.5 Å². The summed E-state index contributed by atoms with van der Waals surface area (Å²) < 4.78 is 0. The predicted octanol–water partition coefficient (Wildman–Crippen LogP) is 2.94. The first kappa shape index (κ1) is 13.9. The monoisotopic (exact) mass is 303 g/mol. The zero-order valence-electron chi connectivity index (χ0n) is 13.2. The summed E-state index contributed by atoms with van der Waals surface area (Å²) in [6.07, 6.45) is 3.12. The highest BCUT2D eigenvalue weighted by Gasteiger charge is 2.25. The van der Waals surface area contributed by atoms with E-state index < -0.39 is 0 Å². The number of nitrogens with zero attached hydrogens (tertiary/aromatic N) is 2. The molecule has 0 bridgehead atoms. The zero-order valence-corrected chi connectivity index (χ0v) is 13.2. The van der Waals surface area contributed by atoms with Crippen LogP contribution < -0.4 is 5.56 Å². The molecule has 0 fully saturated rings. The predicted molar refractivity (Wildman–Crippen MR) is 89.6 cm³/mol. The normalized spacial score (nSPS) is 12.1. The number of nitrogens with one attached hydrogen (secondary N) is 1. The number of hydrogen-bond donors (Lipinski definition) is 1. The number of pyridine rings is 1. The highest BCUT2D eigenvalue weighted by molar-refractivity contribution is 5.71. The first-order valence-electron chi connectivity index (χ1n) is 7.74. The number of hydrogen-bond acceptors (Lipinski definition) is 3. The maximum atomic E-state index is 12.5. The van der Waals surface area contributed by atoms with Gasteiger partial charge in [-0.05, 0) is 36.1 Å². The number of rotatable bonds is 2. The molecular weight excluding hydrogens is 286 g/mol. The lowest BCUT2D eigenvalue weighted by Crippen LogP contribution is -2.16. The Morgan fingerprint density at radius 3 is 2.87 bits per heavy atom. The summed E-state index contributed by atoms with van der Waals surface area (Å²) in [5.41, 5.74) is 6.74. The van der Waals surface area contributed by atoms with Gasteiger partial charge >= 0.3 is 0 Å². The van der Waals surface area contributed by atoms with E-state index in [9.17, 15) is 4.79 Å². The van der Waals surface area contributed by atoms with E-state index in [2.05, 4.69) is 35.1 Å². The Morgan fingerprint density at radius 1 is 1.22 bits per heavy atom. The lowest BCUT2D eigenvalue weighted by molar-refractivity contribution is 0.911. The van der Waals surface area contributed by atoms with Gasteiger partial charge in [-0.15, -0.1) is 0 Å². The Balaban J connectivity index is 1.77. The van der Waals surface area contributed by atoms with E-state index in [1.165, 1.54) is 11.1 Å². The number of H-pyrrole nitrogens is 1. The molecule has 0 amide bonds. The maximum absolute atomic E-state index is 12.5. The molecule has 4 nitrogen and oxygen atoms in total. The molecule has 4 heteroatoms. The smallest absolute Gasteiger partial charge is 0.260 e. The van der Waals surface area contributed by atoms with Crippen LogP contribution >= 0.6 is 0 Å². The molecular formula is C19H17N3O. The molecule has 1 N–H and O–H groups in total. The van der Waals surface area contributed by atoms with Crippen molar-refractivity contribution in [1.82, 2.24) is 15.0 Å². The van der Waals surface area contributed by atoms with Crippen LogP contribution in [0, 0.1) is 13.8 Å². The van der Waals surface area contributed by atoms with Crippen molar-refractivity contribution < 1.29 is 0 Å². The van der Waals surface area contributed by atoms with Crippen molar-refractivity contribution in [2.24, 2.45) is 0 Å². The number of fused-ring (bicyclic) bond motifs is 3. The van der Waals surface area contributed by atoms with E-state index in [0.29, 0.717) is 24.2 Å². The van der Waals surface area contributed by atoms with Gasteiger partial charge in [0.15, 0.2) is 0 Å². The summed E-state index contributed by atoms with van der Waals surface area (Å²) in [6.45, 7) is 4.08. The average Bonchev–Trinajstić information content (AvgIpc) is 2.87. The van der Waals surface area contributed by atoms with Crippen LogP contribution in [-0.4, -0.2) is 15.0 Å². The van der Waals surface area contributed by atoms with Crippen LogP contribution in [0.2, 0.25) is 0 Å². The van der Waals surface area contributed by atoms with E-state index >= 15 is 0 Å². The van der Waals surface area contributed by atoms with Gasteiger partial charge < -0.3 is 4.98 Å². The van der Waals surface area contributed by atoms with Crippen molar-refractivity contribution in [2.75, 3.05) is 0 Å². The summed E-state index contributed by atoms with van der Waals surface area (Å²) >= 11 is 0. The van der Waals surface area contributed by atoms with Crippen LogP contribution in [0.3, 0.4) is 0 Å². The van der Waals surface area contributed by atoms with Gasteiger partial charge in [-0.25, -0.2) is 4.98 Å². The second-order valence-corrected chi connectivity index (χ2v) is 6.13. The summed E-state index contributed by atoms with van der Waals surface area (Å²) in [7, 11) is 0. The van der Waals surface area contributed by atoms with Gasteiger partial charge in [-0.2, -0.15) is 0 Å². The van der Waals surface area contributed by atoms with Crippen molar-refractivity contribution in [3.8, 4) is 11.3 Å².